The average molecular weight is 1180 g/mol. The fourth-order valence-corrected chi connectivity index (χ4v) is 10.9. The molecule has 0 aliphatic heterocycles. The first kappa shape index (κ1) is 80.5. The van der Waals surface area contributed by atoms with Crippen molar-refractivity contribution in [2.75, 3.05) is 40.9 Å². The zero-order chi connectivity index (χ0) is 60.7. The predicted octanol–water partition coefficient (Wildman–Crippen LogP) is 22.3. The van der Waals surface area contributed by atoms with E-state index in [0.717, 1.165) is 83.5 Å². The topological polar surface area (TPSA) is 111 Å². The fraction of sp³-hybridized carbons (Fsp3) is 0.808. The van der Waals surface area contributed by atoms with Crippen molar-refractivity contribution < 1.29 is 37.3 Å². The Morgan fingerprint density at radius 3 is 1.12 bits per heavy atom. The van der Waals surface area contributed by atoms with Gasteiger partial charge in [-0.25, -0.2) is 4.57 Å². The van der Waals surface area contributed by atoms with Crippen LogP contribution >= 0.6 is 7.82 Å². The van der Waals surface area contributed by atoms with Gasteiger partial charge in [-0.1, -0.05) is 287 Å². The maximum atomic E-state index is 13.6. The molecule has 3 unspecified atom stereocenters. The Labute approximate surface area is 514 Å². The monoisotopic (exact) mass is 1180 g/mol. The van der Waals surface area contributed by atoms with Gasteiger partial charge >= 0.3 is 13.8 Å². The molecule has 0 aliphatic carbocycles. The summed E-state index contributed by atoms with van der Waals surface area (Å²) in [5, 5.41) is 3.07. The third kappa shape index (κ3) is 63.8. The van der Waals surface area contributed by atoms with Crippen LogP contribution in [0.2, 0.25) is 0 Å². The lowest BCUT2D eigenvalue weighted by Crippen LogP contribution is -2.47. The number of nitrogens with one attached hydrogen (secondary N) is 1. The second-order valence-electron chi connectivity index (χ2n) is 25.0. The molecule has 3 atom stereocenters. The smallest absolute Gasteiger partial charge is 0.456 e. The van der Waals surface area contributed by atoms with Crippen molar-refractivity contribution in [1.29, 1.82) is 0 Å². The summed E-state index contributed by atoms with van der Waals surface area (Å²) in [6, 6.07) is -0.860. The molecule has 0 bridgehead atoms. The van der Waals surface area contributed by atoms with Gasteiger partial charge in [0.1, 0.15) is 19.3 Å². The minimum Gasteiger partial charge on any atom is -0.456 e. The van der Waals surface area contributed by atoms with E-state index in [-0.39, 0.29) is 31.5 Å². The number of phosphoric acid groups is 1. The van der Waals surface area contributed by atoms with Crippen LogP contribution in [0, 0.1) is 0 Å². The zero-order valence-corrected chi connectivity index (χ0v) is 56.3. The third-order valence-electron chi connectivity index (χ3n) is 15.6. The quantitative estimate of drug-likeness (QED) is 0.0205. The molecule has 0 aromatic heterocycles. The van der Waals surface area contributed by atoms with Crippen LogP contribution in [0.1, 0.15) is 329 Å². The van der Waals surface area contributed by atoms with Gasteiger partial charge in [0, 0.05) is 12.8 Å². The lowest BCUT2D eigenvalue weighted by atomic mass is 10.0. The van der Waals surface area contributed by atoms with Crippen molar-refractivity contribution in [3.05, 3.63) is 72.9 Å². The summed E-state index contributed by atoms with van der Waals surface area (Å²) < 4.78 is 30.8. The maximum absolute atomic E-state index is 13.6. The molecule has 0 saturated heterocycles. The minimum atomic E-state index is -4.46. The average Bonchev–Trinajstić information content (AvgIpc) is 3.47. The van der Waals surface area contributed by atoms with Crippen molar-refractivity contribution >= 4 is 19.7 Å². The first-order valence-corrected chi connectivity index (χ1v) is 36.8. The first-order chi connectivity index (χ1) is 40.4. The maximum Gasteiger partial charge on any atom is 0.472 e. The molecule has 0 aromatic carbocycles. The number of quaternary nitrogens is 1. The lowest BCUT2D eigenvalue weighted by molar-refractivity contribution is -0.870. The number of hydrogen-bond donors (Lipinski definition) is 2. The fourth-order valence-electron chi connectivity index (χ4n) is 10.2. The predicted molar refractivity (Wildman–Crippen MR) is 360 cm³/mol. The number of phosphoric ester groups is 1. The Kier molecular flexibility index (Phi) is 60.6. The van der Waals surface area contributed by atoms with Crippen LogP contribution in [0.15, 0.2) is 72.9 Å². The van der Waals surface area contributed by atoms with Gasteiger partial charge < -0.3 is 19.4 Å². The lowest BCUT2D eigenvalue weighted by Gasteiger charge is -2.27. The van der Waals surface area contributed by atoms with Crippen LogP contribution in [0.25, 0.3) is 0 Å². The van der Waals surface area contributed by atoms with Crippen molar-refractivity contribution in [2.45, 2.75) is 341 Å². The largest absolute Gasteiger partial charge is 0.472 e. The van der Waals surface area contributed by atoms with Crippen molar-refractivity contribution in [2.24, 2.45) is 0 Å². The normalized spacial score (nSPS) is 14.0. The number of amides is 1. The molecule has 0 heterocycles. The number of carbonyl (C=O) groups is 2. The molecule has 9 nitrogen and oxygen atoms in total. The summed E-state index contributed by atoms with van der Waals surface area (Å²) in [6.07, 6.45) is 82.0. The molecule has 83 heavy (non-hydrogen) atoms. The Balaban J connectivity index is 5.07. The van der Waals surface area contributed by atoms with E-state index in [4.69, 9.17) is 13.8 Å². The van der Waals surface area contributed by atoms with Crippen molar-refractivity contribution in [3.8, 4) is 0 Å². The molecule has 0 aliphatic rings. The summed E-state index contributed by atoms with van der Waals surface area (Å²) in [5.74, 6) is -0.520. The molecule has 0 saturated carbocycles. The van der Waals surface area contributed by atoms with Crippen LogP contribution in [0.5, 0.6) is 0 Å². The SMILES string of the molecule is CCCCC/C=C\C/C=C\C/C=C\CCCCCCC(=O)OC(/C=C\CCCCCCCCCCCCC)C(COP(=O)(O)OCC[N+](C)(C)C)NC(=O)CCCCCCCCCCCCCCCCCCC/C=C\C/C=C\CCCCC. The number of allylic oxidation sites excluding steroid dienone is 11. The summed E-state index contributed by atoms with van der Waals surface area (Å²) in [4.78, 5) is 37.9. The molecule has 10 heteroatoms. The number of unbranched alkanes of at least 4 members (excludes halogenated alkanes) is 38. The second-order valence-corrected chi connectivity index (χ2v) is 26.5. The van der Waals surface area contributed by atoms with E-state index in [9.17, 15) is 19.0 Å². The number of hydrogen-bond acceptors (Lipinski definition) is 6. The minimum absolute atomic E-state index is 0.0357. The summed E-state index contributed by atoms with van der Waals surface area (Å²) >= 11 is 0. The van der Waals surface area contributed by atoms with E-state index >= 15 is 0 Å². The van der Waals surface area contributed by atoms with E-state index in [0.29, 0.717) is 23.9 Å². The molecule has 484 valence electrons. The Hall–Kier alpha value is -2.55. The van der Waals surface area contributed by atoms with Crippen LogP contribution in [-0.2, 0) is 27.9 Å². The highest BCUT2D eigenvalue weighted by Crippen LogP contribution is 2.43. The highest BCUT2D eigenvalue weighted by atomic mass is 31.2. The van der Waals surface area contributed by atoms with Gasteiger partial charge in [0.15, 0.2) is 0 Å². The first-order valence-electron chi connectivity index (χ1n) is 35.3. The van der Waals surface area contributed by atoms with E-state index in [1.54, 1.807) is 0 Å². The van der Waals surface area contributed by atoms with Gasteiger partial charge in [-0.15, -0.1) is 0 Å². The van der Waals surface area contributed by atoms with E-state index in [1.807, 2.05) is 33.3 Å². The Morgan fingerprint density at radius 1 is 0.422 bits per heavy atom. The van der Waals surface area contributed by atoms with Gasteiger partial charge in [-0.2, -0.15) is 0 Å². The van der Waals surface area contributed by atoms with E-state index in [1.165, 1.54) is 205 Å². The number of likely N-dealkylation sites (N-methyl/N-ethyl adjacent to an activating group) is 1. The van der Waals surface area contributed by atoms with Crippen molar-refractivity contribution in [3.63, 3.8) is 0 Å². The highest BCUT2D eigenvalue weighted by Gasteiger charge is 2.30. The summed E-state index contributed by atoms with van der Waals surface area (Å²) in [5.41, 5.74) is 0. The third-order valence-corrected chi connectivity index (χ3v) is 16.6. The molecule has 2 N–H and O–H groups in total. The van der Waals surface area contributed by atoms with E-state index < -0.39 is 20.0 Å². The second kappa shape index (κ2) is 62.5. The molecule has 0 fully saturated rings. The van der Waals surface area contributed by atoms with E-state index in [2.05, 4.69) is 86.8 Å². The van der Waals surface area contributed by atoms with Crippen LogP contribution < -0.4 is 5.32 Å². The molecule has 0 spiro atoms. The molecule has 1 amide bonds. The zero-order valence-electron chi connectivity index (χ0n) is 55.4. The summed E-state index contributed by atoms with van der Waals surface area (Å²) in [6.45, 7) is 6.98. The molecule has 0 radical (unpaired) electrons. The van der Waals surface area contributed by atoms with Gasteiger partial charge in [-0.3, -0.25) is 18.6 Å². The number of ether oxygens (including phenoxy) is 1. The van der Waals surface area contributed by atoms with Crippen LogP contribution in [0.4, 0.5) is 0 Å². The highest BCUT2D eigenvalue weighted by molar-refractivity contribution is 7.47. The molecular weight excluding hydrogens is 1050 g/mol. The standard InChI is InChI=1S/C73H135N2O7P/c1-7-10-13-16-19-22-25-28-30-32-33-34-35-36-37-38-39-40-41-43-44-47-50-53-56-59-62-65-72(76)74-70(69-81-83(78,79)80-68-67-75(4,5)6)71(64-61-58-55-52-49-46-27-24-21-18-15-12-9-3)82-73(77)66-63-60-57-54-51-48-45-42-31-29-26-23-20-17-14-11-8-2/h19-20,22-23,28-31,45,48,61,64,70-71H,7-18,21,24-27,32-44,46-47,49-60,62-63,65-69H2,1-6H3,(H-,74,76,78,79)/p+1/b22-19-,23-20-,30-28-,31-29-,48-45-,64-61-. The summed E-state index contributed by atoms with van der Waals surface area (Å²) in [7, 11) is 1.49. The molecular formula is C73H136N2O7P+. The number of carbonyl (C=O) groups excluding carboxylic acids is 2. The van der Waals surface area contributed by atoms with Gasteiger partial charge in [0.25, 0.3) is 0 Å². The molecule has 0 rings (SSSR count). The Morgan fingerprint density at radius 2 is 0.735 bits per heavy atom. The Bertz CT molecular complexity index is 1650. The van der Waals surface area contributed by atoms with Gasteiger partial charge in [-0.05, 0) is 102 Å². The van der Waals surface area contributed by atoms with Gasteiger partial charge in [0.05, 0.1) is 33.8 Å². The number of nitrogens with zero attached hydrogens (tertiary/aromatic N) is 1. The molecule has 0 aromatic rings. The van der Waals surface area contributed by atoms with Crippen LogP contribution in [0.3, 0.4) is 0 Å². The van der Waals surface area contributed by atoms with Crippen LogP contribution in [-0.4, -0.2) is 74.3 Å². The van der Waals surface area contributed by atoms with Gasteiger partial charge in [0.2, 0.25) is 5.91 Å². The number of esters is 1. The van der Waals surface area contributed by atoms with Crippen molar-refractivity contribution in [1.82, 2.24) is 5.32 Å². The number of rotatable bonds is 64.